The average molecular weight is 216 g/mol. The zero-order valence-electron chi connectivity index (χ0n) is 9.35. The number of nitrogens with zero attached hydrogens (tertiary/aromatic N) is 2. The van der Waals surface area contributed by atoms with Crippen molar-refractivity contribution in [3.63, 3.8) is 0 Å². The van der Waals surface area contributed by atoms with Crippen molar-refractivity contribution >= 4 is 0 Å². The number of nitrogens with two attached hydrogens (primary N) is 1. The van der Waals surface area contributed by atoms with Crippen LogP contribution in [0.1, 0.15) is 16.7 Å². The van der Waals surface area contributed by atoms with Crippen LogP contribution in [-0.2, 0) is 13.1 Å². The largest absolute Gasteiger partial charge is 0.271 e. The summed E-state index contributed by atoms with van der Waals surface area (Å²) in [5.74, 6) is 5.26. The van der Waals surface area contributed by atoms with Crippen LogP contribution < -0.4 is 11.3 Å². The van der Waals surface area contributed by atoms with Crippen molar-refractivity contribution in [3.05, 3.63) is 53.3 Å². The number of hydrazine groups is 1. The summed E-state index contributed by atoms with van der Waals surface area (Å²) in [7, 11) is 0. The molecule has 0 saturated heterocycles. The Morgan fingerprint density at radius 1 is 1.25 bits per heavy atom. The molecule has 1 aromatic carbocycles. The third-order valence-electron chi connectivity index (χ3n) is 2.44. The van der Waals surface area contributed by atoms with Gasteiger partial charge in [-0.25, -0.2) is 0 Å². The van der Waals surface area contributed by atoms with E-state index in [1.807, 2.05) is 24.0 Å². The Balaban J connectivity index is 2.05. The fraction of sp³-hybridized carbons (Fsp3) is 0.250. The van der Waals surface area contributed by atoms with Crippen LogP contribution in [0.4, 0.5) is 0 Å². The van der Waals surface area contributed by atoms with Crippen LogP contribution >= 0.6 is 0 Å². The monoisotopic (exact) mass is 216 g/mol. The zero-order chi connectivity index (χ0) is 11.4. The number of hydrogen-bond acceptors (Lipinski definition) is 3. The molecule has 84 valence electrons. The first-order valence-electron chi connectivity index (χ1n) is 5.28. The van der Waals surface area contributed by atoms with Crippen LogP contribution in [-0.4, -0.2) is 9.78 Å². The van der Waals surface area contributed by atoms with Gasteiger partial charge in [0.15, 0.2) is 0 Å². The molecule has 1 aromatic heterocycles. The summed E-state index contributed by atoms with van der Waals surface area (Å²) in [5.41, 5.74) is 6.25. The van der Waals surface area contributed by atoms with Crippen LogP contribution in [0.2, 0.25) is 0 Å². The molecule has 2 rings (SSSR count). The highest BCUT2D eigenvalue weighted by Crippen LogP contribution is 2.06. The van der Waals surface area contributed by atoms with Crippen molar-refractivity contribution in [2.24, 2.45) is 5.84 Å². The molecule has 4 heteroatoms. The lowest BCUT2D eigenvalue weighted by Crippen LogP contribution is -2.20. The Labute approximate surface area is 95.1 Å². The lowest BCUT2D eigenvalue weighted by atomic mass is 10.1. The maximum Gasteiger partial charge on any atom is 0.0659 e. The summed E-state index contributed by atoms with van der Waals surface area (Å²) >= 11 is 0. The van der Waals surface area contributed by atoms with Crippen molar-refractivity contribution < 1.29 is 0 Å². The number of aromatic nitrogens is 2. The molecule has 0 aliphatic heterocycles. The predicted molar refractivity (Wildman–Crippen MR) is 63.5 cm³/mol. The summed E-state index contributed by atoms with van der Waals surface area (Å²) in [6.45, 7) is 3.55. The molecule has 0 radical (unpaired) electrons. The fourth-order valence-corrected chi connectivity index (χ4v) is 1.62. The van der Waals surface area contributed by atoms with Gasteiger partial charge in [-0.05, 0) is 23.6 Å². The Hall–Kier alpha value is -1.65. The highest BCUT2D eigenvalue weighted by Gasteiger charge is 1.97. The maximum absolute atomic E-state index is 5.26. The van der Waals surface area contributed by atoms with Gasteiger partial charge in [0, 0.05) is 12.7 Å². The molecule has 0 atom stereocenters. The van der Waals surface area contributed by atoms with Gasteiger partial charge in [-0.15, -0.1) is 0 Å². The van der Waals surface area contributed by atoms with Crippen LogP contribution in [0.15, 0.2) is 36.7 Å². The van der Waals surface area contributed by atoms with Gasteiger partial charge in [-0.3, -0.25) is 16.0 Å². The Bertz CT molecular complexity index is 444. The molecule has 0 aliphatic rings. The van der Waals surface area contributed by atoms with Crippen LogP contribution in [0.5, 0.6) is 0 Å². The van der Waals surface area contributed by atoms with Crippen molar-refractivity contribution in [2.75, 3.05) is 0 Å². The van der Waals surface area contributed by atoms with E-state index in [-0.39, 0.29) is 0 Å². The third-order valence-corrected chi connectivity index (χ3v) is 2.44. The minimum absolute atomic E-state index is 0.696. The molecule has 3 N–H and O–H groups in total. The molecular weight excluding hydrogens is 200 g/mol. The molecule has 4 nitrogen and oxygen atoms in total. The first-order chi connectivity index (χ1) is 7.78. The number of benzene rings is 1. The molecule has 0 unspecified atom stereocenters. The van der Waals surface area contributed by atoms with E-state index in [0.717, 1.165) is 6.54 Å². The van der Waals surface area contributed by atoms with Crippen LogP contribution in [0.25, 0.3) is 0 Å². The lowest BCUT2D eigenvalue weighted by molar-refractivity contribution is 0.685. The lowest BCUT2D eigenvalue weighted by Gasteiger charge is -2.04. The summed E-state index contributed by atoms with van der Waals surface area (Å²) in [6.07, 6.45) is 3.90. The first kappa shape index (κ1) is 10.9. The SMILES string of the molecule is Cc1cnn(Cc2ccc(CNN)cc2)c1. The fourth-order valence-electron chi connectivity index (χ4n) is 1.62. The standard InChI is InChI=1S/C12H16N4/c1-10-6-15-16(8-10)9-12-4-2-11(3-5-12)7-14-13/h2-6,8,14H,7,9,13H2,1H3. The summed E-state index contributed by atoms with van der Waals surface area (Å²) in [6, 6.07) is 8.35. The van der Waals surface area contributed by atoms with Crippen molar-refractivity contribution in [2.45, 2.75) is 20.0 Å². The van der Waals surface area contributed by atoms with Gasteiger partial charge in [0.1, 0.15) is 0 Å². The zero-order valence-corrected chi connectivity index (χ0v) is 9.35. The molecule has 1 heterocycles. The van der Waals surface area contributed by atoms with Gasteiger partial charge < -0.3 is 0 Å². The smallest absolute Gasteiger partial charge is 0.0659 e. The van der Waals surface area contributed by atoms with Gasteiger partial charge in [0.25, 0.3) is 0 Å². The highest BCUT2D eigenvalue weighted by molar-refractivity contribution is 5.22. The van der Waals surface area contributed by atoms with Gasteiger partial charge in [-0.2, -0.15) is 5.10 Å². The number of nitrogens with one attached hydrogen (secondary N) is 1. The van der Waals surface area contributed by atoms with E-state index in [0.29, 0.717) is 6.54 Å². The van der Waals surface area contributed by atoms with Gasteiger partial charge >= 0.3 is 0 Å². The molecule has 0 amide bonds. The van der Waals surface area contributed by atoms with E-state index in [9.17, 15) is 0 Å². The third kappa shape index (κ3) is 2.68. The van der Waals surface area contributed by atoms with E-state index in [1.165, 1.54) is 16.7 Å². The number of rotatable bonds is 4. The van der Waals surface area contributed by atoms with Gasteiger partial charge in [-0.1, -0.05) is 24.3 Å². The molecule has 0 bridgehead atoms. The molecule has 0 fully saturated rings. The Kier molecular flexibility index (Phi) is 3.34. The van der Waals surface area contributed by atoms with Crippen molar-refractivity contribution in [1.29, 1.82) is 0 Å². The molecular formula is C12H16N4. The first-order valence-corrected chi connectivity index (χ1v) is 5.28. The van der Waals surface area contributed by atoms with E-state index in [4.69, 9.17) is 5.84 Å². The van der Waals surface area contributed by atoms with Gasteiger partial charge in [0.2, 0.25) is 0 Å². The van der Waals surface area contributed by atoms with E-state index in [2.05, 4.69) is 34.8 Å². The van der Waals surface area contributed by atoms with Crippen LogP contribution in [0.3, 0.4) is 0 Å². The summed E-state index contributed by atoms with van der Waals surface area (Å²) in [5, 5.41) is 4.25. The minimum atomic E-state index is 0.696. The summed E-state index contributed by atoms with van der Waals surface area (Å²) in [4.78, 5) is 0. The number of hydrogen-bond donors (Lipinski definition) is 2. The second kappa shape index (κ2) is 4.92. The summed E-state index contributed by atoms with van der Waals surface area (Å²) < 4.78 is 1.94. The predicted octanol–water partition coefficient (Wildman–Crippen LogP) is 1.20. The second-order valence-corrected chi connectivity index (χ2v) is 3.91. The minimum Gasteiger partial charge on any atom is -0.271 e. The number of aryl methyl sites for hydroxylation is 1. The molecule has 16 heavy (non-hydrogen) atoms. The van der Waals surface area contributed by atoms with E-state index in [1.54, 1.807) is 0 Å². The van der Waals surface area contributed by atoms with Crippen molar-refractivity contribution in [3.8, 4) is 0 Å². The molecule has 2 aromatic rings. The maximum atomic E-state index is 5.26. The molecule has 0 aliphatic carbocycles. The highest BCUT2D eigenvalue weighted by atomic mass is 15.3. The van der Waals surface area contributed by atoms with Crippen LogP contribution in [0, 0.1) is 6.92 Å². The average Bonchev–Trinajstić information content (AvgIpc) is 2.67. The topological polar surface area (TPSA) is 55.9 Å². The Morgan fingerprint density at radius 3 is 2.50 bits per heavy atom. The normalized spacial score (nSPS) is 10.6. The quantitative estimate of drug-likeness (QED) is 0.596. The van der Waals surface area contributed by atoms with Crippen molar-refractivity contribution in [1.82, 2.24) is 15.2 Å². The van der Waals surface area contributed by atoms with E-state index < -0.39 is 0 Å². The van der Waals surface area contributed by atoms with E-state index >= 15 is 0 Å². The van der Waals surface area contributed by atoms with Gasteiger partial charge in [0.05, 0.1) is 12.7 Å². The Morgan fingerprint density at radius 2 is 1.94 bits per heavy atom. The molecule has 0 spiro atoms. The molecule has 0 saturated carbocycles. The second-order valence-electron chi connectivity index (χ2n) is 3.91.